The van der Waals surface area contributed by atoms with Gasteiger partial charge in [0, 0.05) is 26.7 Å². The molecule has 0 saturated heterocycles. The van der Waals surface area contributed by atoms with Crippen LogP contribution in [0, 0.1) is 25.2 Å². The van der Waals surface area contributed by atoms with Crippen LogP contribution in [0.15, 0.2) is 18.2 Å². The van der Waals surface area contributed by atoms with Gasteiger partial charge in [-0.3, -0.25) is 9.78 Å². The Bertz CT molecular complexity index is 903. The molecular formula is C22H25NOS. The maximum absolute atomic E-state index is 12.6. The van der Waals surface area contributed by atoms with Crippen molar-refractivity contribution in [1.82, 2.24) is 4.98 Å². The van der Waals surface area contributed by atoms with E-state index in [4.69, 9.17) is 0 Å². The Morgan fingerprint density at radius 2 is 2.12 bits per heavy atom. The summed E-state index contributed by atoms with van der Waals surface area (Å²) in [5.74, 6) is 1.62. The van der Waals surface area contributed by atoms with Gasteiger partial charge in [0.25, 0.3) is 0 Å². The van der Waals surface area contributed by atoms with Gasteiger partial charge in [0.2, 0.25) is 0 Å². The fraction of sp³-hybridized carbons (Fsp3) is 0.455. The lowest BCUT2D eigenvalue weighted by Crippen LogP contribution is -2.01. The second-order valence-electron chi connectivity index (χ2n) is 8.06. The molecule has 1 fully saturated rings. The first-order valence-electron chi connectivity index (χ1n) is 9.15. The fourth-order valence-corrected chi connectivity index (χ4v) is 5.75. The van der Waals surface area contributed by atoms with Gasteiger partial charge < -0.3 is 0 Å². The Morgan fingerprint density at radius 3 is 2.84 bits per heavy atom. The third-order valence-corrected chi connectivity index (χ3v) is 7.22. The van der Waals surface area contributed by atoms with Crippen LogP contribution in [0.4, 0.5) is 0 Å². The van der Waals surface area contributed by atoms with Gasteiger partial charge in [0.15, 0.2) is 5.78 Å². The number of nitrogens with zero attached hydrogens (tertiary/aromatic N) is 1. The molecule has 0 aliphatic heterocycles. The Balaban J connectivity index is 1.60. The van der Waals surface area contributed by atoms with Crippen LogP contribution in [-0.2, 0) is 12.8 Å². The molecule has 1 saturated carbocycles. The van der Waals surface area contributed by atoms with E-state index in [1.807, 2.05) is 36.5 Å². The number of allylic oxidation sites excluding steroid dienone is 1. The average molecular weight is 352 g/mol. The molecule has 2 aromatic heterocycles. The van der Waals surface area contributed by atoms with Crippen molar-refractivity contribution in [3.8, 4) is 0 Å². The molecule has 4 rings (SSSR count). The van der Waals surface area contributed by atoms with Gasteiger partial charge in [0.05, 0.1) is 0 Å². The van der Waals surface area contributed by atoms with Gasteiger partial charge >= 0.3 is 0 Å². The summed E-state index contributed by atoms with van der Waals surface area (Å²) in [6, 6.07) is 3.80. The quantitative estimate of drug-likeness (QED) is 0.537. The zero-order chi connectivity index (χ0) is 17.9. The number of aryl methyl sites for hydroxylation is 3. The molecule has 0 radical (unpaired) electrons. The van der Waals surface area contributed by atoms with E-state index in [0.29, 0.717) is 5.41 Å². The number of hydrogen-bond donors (Lipinski definition) is 0. The molecule has 0 amide bonds. The highest BCUT2D eigenvalue weighted by molar-refractivity contribution is 7.13. The standard InChI is InChI=1S/C22H25NOS/c1-6-15-10-14(9-12(2)23-15)18(24)7-8-19-16-11-17-21(22(17,4)5)20(16)13(3)25-19/h7-10,17,21H,6,11H2,1-5H3/b8-7+/t17-,21-/m1/s1. The van der Waals surface area contributed by atoms with E-state index in [2.05, 4.69) is 32.7 Å². The van der Waals surface area contributed by atoms with E-state index in [1.165, 1.54) is 21.7 Å². The topological polar surface area (TPSA) is 30.0 Å². The number of carbonyl (C=O) groups excluding carboxylic acids is 1. The lowest BCUT2D eigenvalue weighted by atomic mass is 9.95. The third kappa shape index (κ3) is 2.60. The predicted octanol–water partition coefficient (Wildman–Crippen LogP) is 5.51. The highest BCUT2D eigenvalue weighted by atomic mass is 32.1. The third-order valence-electron chi connectivity index (χ3n) is 6.09. The highest BCUT2D eigenvalue weighted by Crippen LogP contribution is 2.71. The van der Waals surface area contributed by atoms with Crippen molar-refractivity contribution in [3.63, 3.8) is 0 Å². The molecule has 25 heavy (non-hydrogen) atoms. The van der Waals surface area contributed by atoms with Gasteiger partial charge in [-0.15, -0.1) is 11.3 Å². The summed E-state index contributed by atoms with van der Waals surface area (Å²) in [4.78, 5) is 19.8. The van der Waals surface area contributed by atoms with Crippen molar-refractivity contribution in [3.05, 3.63) is 56.0 Å². The van der Waals surface area contributed by atoms with Gasteiger partial charge in [-0.05, 0) is 79.4 Å². The fourth-order valence-electron chi connectivity index (χ4n) is 4.60. The molecule has 2 aromatic rings. The Kier molecular flexibility index (Phi) is 3.77. The SMILES string of the molecule is CCc1cc(C(=O)/C=C/c2sc(C)c3c2C[C@@H]2[C@H]3C2(C)C)cc(C)n1. The summed E-state index contributed by atoms with van der Waals surface area (Å²) in [6.45, 7) is 11.0. The summed E-state index contributed by atoms with van der Waals surface area (Å²) in [5.41, 5.74) is 6.19. The molecule has 0 spiro atoms. The largest absolute Gasteiger partial charge is 0.289 e. The zero-order valence-corrected chi connectivity index (χ0v) is 16.5. The Labute approximate surface area is 154 Å². The van der Waals surface area contributed by atoms with Gasteiger partial charge in [-0.2, -0.15) is 0 Å². The Hall–Kier alpha value is -1.74. The van der Waals surface area contributed by atoms with Gasteiger partial charge in [-0.25, -0.2) is 0 Å². The van der Waals surface area contributed by atoms with E-state index in [1.54, 1.807) is 11.6 Å². The maximum atomic E-state index is 12.6. The van der Waals surface area contributed by atoms with Crippen LogP contribution in [0.1, 0.15) is 69.3 Å². The van der Waals surface area contributed by atoms with Gasteiger partial charge in [-0.1, -0.05) is 20.8 Å². The van der Waals surface area contributed by atoms with Crippen LogP contribution in [0.2, 0.25) is 0 Å². The monoisotopic (exact) mass is 351 g/mol. The van der Waals surface area contributed by atoms with Crippen molar-refractivity contribution in [1.29, 1.82) is 0 Å². The van der Waals surface area contributed by atoms with E-state index in [0.717, 1.165) is 35.2 Å². The number of hydrogen-bond acceptors (Lipinski definition) is 3. The summed E-state index contributed by atoms with van der Waals surface area (Å²) in [5, 5.41) is 0. The molecule has 3 heteroatoms. The summed E-state index contributed by atoms with van der Waals surface area (Å²) >= 11 is 1.84. The minimum Gasteiger partial charge on any atom is -0.289 e. The molecule has 0 aromatic carbocycles. The number of pyridine rings is 1. The highest BCUT2D eigenvalue weighted by Gasteiger charge is 2.63. The smallest absolute Gasteiger partial charge is 0.186 e. The molecule has 2 atom stereocenters. The van der Waals surface area contributed by atoms with E-state index < -0.39 is 0 Å². The molecular weight excluding hydrogens is 326 g/mol. The molecule has 2 heterocycles. The van der Waals surface area contributed by atoms with Crippen molar-refractivity contribution >= 4 is 23.2 Å². The van der Waals surface area contributed by atoms with Crippen molar-refractivity contribution in [2.45, 2.75) is 53.4 Å². The van der Waals surface area contributed by atoms with E-state index in [9.17, 15) is 4.79 Å². The number of rotatable bonds is 4. The summed E-state index contributed by atoms with van der Waals surface area (Å²) in [7, 11) is 0. The molecule has 0 bridgehead atoms. The van der Waals surface area contributed by atoms with Crippen LogP contribution in [0.3, 0.4) is 0 Å². The van der Waals surface area contributed by atoms with Crippen LogP contribution in [0.25, 0.3) is 6.08 Å². The van der Waals surface area contributed by atoms with E-state index in [-0.39, 0.29) is 5.78 Å². The van der Waals surface area contributed by atoms with Crippen LogP contribution in [0.5, 0.6) is 0 Å². The minimum absolute atomic E-state index is 0.0727. The molecule has 2 aliphatic carbocycles. The molecule has 2 nitrogen and oxygen atoms in total. The molecule has 0 unspecified atom stereocenters. The number of thiophene rings is 1. The lowest BCUT2D eigenvalue weighted by Gasteiger charge is -2.09. The van der Waals surface area contributed by atoms with Crippen molar-refractivity contribution in [2.24, 2.45) is 11.3 Å². The average Bonchev–Trinajstić information content (AvgIpc) is 2.92. The number of aromatic nitrogens is 1. The van der Waals surface area contributed by atoms with Crippen LogP contribution < -0.4 is 0 Å². The maximum Gasteiger partial charge on any atom is 0.186 e. The number of fused-ring (bicyclic) bond motifs is 3. The van der Waals surface area contributed by atoms with E-state index >= 15 is 0 Å². The second-order valence-corrected chi connectivity index (χ2v) is 9.32. The normalized spacial score (nSPS) is 22.9. The minimum atomic E-state index is 0.0727. The molecule has 2 aliphatic rings. The van der Waals surface area contributed by atoms with Crippen molar-refractivity contribution in [2.75, 3.05) is 0 Å². The molecule has 130 valence electrons. The zero-order valence-electron chi connectivity index (χ0n) is 15.6. The first kappa shape index (κ1) is 16.7. The predicted molar refractivity (Wildman–Crippen MR) is 104 cm³/mol. The van der Waals surface area contributed by atoms with Crippen molar-refractivity contribution < 1.29 is 4.79 Å². The number of ketones is 1. The van der Waals surface area contributed by atoms with Crippen LogP contribution >= 0.6 is 11.3 Å². The first-order chi connectivity index (χ1) is 11.8. The number of carbonyl (C=O) groups is 1. The first-order valence-corrected chi connectivity index (χ1v) is 9.96. The Morgan fingerprint density at radius 1 is 1.36 bits per heavy atom. The van der Waals surface area contributed by atoms with Gasteiger partial charge in [0.1, 0.15) is 0 Å². The summed E-state index contributed by atoms with van der Waals surface area (Å²) < 4.78 is 0. The van der Waals surface area contributed by atoms with Crippen LogP contribution in [-0.4, -0.2) is 10.8 Å². The summed E-state index contributed by atoms with van der Waals surface area (Å²) in [6.07, 6.45) is 5.81. The second kappa shape index (κ2) is 5.63. The lowest BCUT2D eigenvalue weighted by molar-refractivity contribution is 0.104. The molecule has 0 N–H and O–H groups in total.